The monoisotopic (exact) mass is 388 g/mol. The standard InChI is InChI=1S/C20H20N8O/c29-19-5-4-18(27-11-1-8-23-27)25-28(19)14-15-6-12-26(13-7-15)17-3-2-16-20(24-17)22-10-9-21-16/h1-5,8-11,15H,6-7,12-14H2. The first-order valence-corrected chi connectivity index (χ1v) is 9.67. The van der Waals surface area contributed by atoms with Gasteiger partial charge in [0, 0.05) is 50.5 Å². The van der Waals surface area contributed by atoms with Crippen molar-refractivity contribution in [3.8, 4) is 5.82 Å². The zero-order valence-electron chi connectivity index (χ0n) is 15.8. The van der Waals surface area contributed by atoms with E-state index in [2.05, 4.69) is 30.0 Å². The van der Waals surface area contributed by atoms with Crippen LogP contribution >= 0.6 is 0 Å². The number of rotatable bonds is 4. The molecule has 0 spiro atoms. The molecule has 1 aliphatic rings. The summed E-state index contributed by atoms with van der Waals surface area (Å²) in [6, 6.07) is 9.04. The molecule has 0 aromatic carbocycles. The van der Waals surface area contributed by atoms with E-state index in [4.69, 9.17) is 0 Å². The fourth-order valence-corrected chi connectivity index (χ4v) is 3.71. The quantitative estimate of drug-likeness (QED) is 0.525. The third-order valence-electron chi connectivity index (χ3n) is 5.28. The van der Waals surface area contributed by atoms with Gasteiger partial charge in [0.2, 0.25) is 0 Å². The Morgan fingerprint density at radius 2 is 1.79 bits per heavy atom. The van der Waals surface area contributed by atoms with Crippen LogP contribution in [0.3, 0.4) is 0 Å². The van der Waals surface area contributed by atoms with Crippen LogP contribution in [0.4, 0.5) is 5.82 Å². The highest BCUT2D eigenvalue weighted by molar-refractivity contribution is 5.71. The SMILES string of the molecule is O=c1ccc(-n2cccn2)nn1CC1CCN(c2ccc3nccnc3n2)CC1. The maximum absolute atomic E-state index is 12.3. The Labute approximate surface area is 166 Å². The average Bonchev–Trinajstić information content (AvgIpc) is 3.30. The summed E-state index contributed by atoms with van der Waals surface area (Å²) in [6.07, 6.45) is 8.79. The average molecular weight is 388 g/mol. The molecular weight excluding hydrogens is 368 g/mol. The smallest absolute Gasteiger partial charge is 0.266 e. The summed E-state index contributed by atoms with van der Waals surface area (Å²) in [5.41, 5.74) is 1.38. The van der Waals surface area contributed by atoms with Crippen molar-refractivity contribution < 1.29 is 0 Å². The maximum Gasteiger partial charge on any atom is 0.266 e. The fourth-order valence-electron chi connectivity index (χ4n) is 3.71. The van der Waals surface area contributed by atoms with Crippen LogP contribution in [0.15, 0.2) is 59.9 Å². The molecule has 0 radical (unpaired) electrons. The number of anilines is 1. The minimum absolute atomic E-state index is 0.0851. The van der Waals surface area contributed by atoms with Gasteiger partial charge >= 0.3 is 0 Å². The number of fused-ring (bicyclic) bond motifs is 1. The van der Waals surface area contributed by atoms with Gasteiger partial charge in [-0.1, -0.05) is 0 Å². The molecule has 4 aromatic rings. The molecular formula is C20H20N8O. The van der Waals surface area contributed by atoms with E-state index in [1.165, 1.54) is 0 Å². The Hall–Kier alpha value is -3.62. The van der Waals surface area contributed by atoms with E-state index in [-0.39, 0.29) is 5.56 Å². The summed E-state index contributed by atoms with van der Waals surface area (Å²) in [7, 11) is 0. The second-order valence-corrected chi connectivity index (χ2v) is 7.16. The third kappa shape index (κ3) is 3.58. The first kappa shape index (κ1) is 17.5. The van der Waals surface area contributed by atoms with Gasteiger partial charge < -0.3 is 4.90 Å². The molecule has 146 valence electrons. The highest BCUT2D eigenvalue weighted by atomic mass is 16.1. The van der Waals surface area contributed by atoms with Crippen LogP contribution in [0, 0.1) is 5.92 Å². The van der Waals surface area contributed by atoms with Crippen LogP contribution < -0.4 is 10.5 Å². The lowest BCUT2D eigenvalue weighted by atomic mass is 9.97. The van der Waals surface area contributed by atoms with Crippen LogP contribution in [-0.2, 0) is 6.54 Å². The molecule has 9 nitrogen and oxygen atoms in total. The third-order valence-corrected chi connectivity index (χ3v) is 5.28. The summed E-state index contributed by atoms with van der Waals surface area (Å²) >= 11 is 0. The minimum atomic E-state index is -0.0851. The lowest BCUT2D eigenvalue weighted by Crippen LogP contribution is -2.37. The Balaban J connectivity index is 1.27. The highest BCUT2D eigenvalue weighted by Crippen LogP contribution is 2.23. The molecule has 5 heterocycles. The first-order chi connectivity index (χ1) is 14.3. The number of nitrogens with zero attached hydrogens (tertiary/aromatic N) is 8. The van der Waals surface area contributed by atoms with Crippen LogP contribution in [0.5, 0.6) is 0 Å². The van der Waals surface area contributed by atoms with E-state index in [0.717, 1.165) is 37.3 Å². The second-order valence-electron chi connectivity index (χ2n) is 7.16. The summed E-state index contributed by atoms with van der Waals surface area (Å²) in [5, 5.41) is 8.67. The van der Waals surface area contributed by atoms with E-state index in [9.17, 15) is 4.79 Å². The van der Waals surface area contributed by atoms with Gasteiger partial charge in [-0.25, -0.2) is 19.3 Å². The number of aromatic nitrogens is 7. The van der Waals surface area contributed by atoms with Gasteiger partial charge in [0.15, 0.2) is 11.5 Å². The van der Waals surface area contributed by atoms with E-state index in [1.54, 1.807) is 40.1 Å². The van der Waals surface area contributed by atoms with E-state index in [0.29, 0.717) is 23.9 Å². The topological polar surface area (TPSA) is 94.6 Å². The molecule has 0 amide bonds. The lowest BCUT2D eigenvalue weighted by Gasteiger charge is -2.32. The minimum Gasteiger partial charge on any atom is -0.357 e. The molecule has 5 rings (SSSR count). The van der Waals surface area contributed by atoms with Gasteiger partial charge in [0.25, 0.3) is 5.56 Å². The molecule has 1 fully saturated rings. The first-order valence-electron chi connectivity index (χ1n) is 9.67. The number of hydrogen-bond donors (Lipinski definition) is 0. The molecule has 1 aliphatic heterocycles. The zero-order chi connectivity index (χ0) is 19.6. The van der Waals surface area contributed by atoms with Gasteiger partial charge in [-0.3, -0.25) is 9.78 Å². The van der Waals surface area contributed by atoms with Crippen molar-refractivity contribution in [3.05, 3.63) is 65.5 Å². The molecule has 0 atom stereocenters. The molecule has 9 heteroatoms. The van der Waals surface area contributed by atoms with Crippen molar-refractivity contribution in [2.24, 2.45) is 5.92 Å². The van der Waals surface area contributed by atoms with Crippen LogP contribution in [0.25, 0.3) is 17.0 Å². The molecule has 0 N–H and O–H groups in total. The molecule has 0 saturated carbocycles. The second kappa shape index (κ2) is 7.42. The Morgan fingerprint density at radius 1 is 0.966 bits per heavy atom. The fraction of sp³-hybridized carbons (Fsp3) is 0.300. The van der Waals surface area contributed by atoms with Crippen molar-refractivity contribution in [1.29, 1.82) is 0 Å². The van der Waals surface area contributed by atoms with Gasteiger partial charge in [-0.05, 0) is 43.0 Å². The van der Waals surface area contributed by atoms with Gasteiger partial charge in [0.1, 0.15) is 11.3 Å². The molecule has 1 saturated heterocycles. The summed E-state index contributed by atoms with van der Waals surface area (Å²) in [6.45, 7) is 2.38. The number of hydrogen-bond acceptors (Lipinski definition) is 7. The van der Waals surface area contributed by atoms with E-state index in [1.807, 2.05) is 24.4 Å². The summed E-state index contributed by atoms with van der Waals surface area (Å²) in [5.74, 6) is 1.96. The molecule has 0 aliphatic carbocycles. The molecule has 0 unspecified atom stereocenters. The van der Waals surface area contributed by atoms with Crippen LogP contribution in [-0.4, -0.2) is 47.6 Å². The van der Waals surface area contributed by atoms with Crippen molar-refractivity contribution in [3.63, 3.8) is 0 Å². The Kier molecular flexibility index (Phi) is 4.47. The largest absolute Gasteiger partial charge is 0.357 e. The maximum atomic E-state index is 12.3. The van der Waals surface area contributed by atoms with Crippen molar-refractivity contribution >= 4 is 17.0 Å². The zero-order valence-corrected chi connectivity index (χ0v) is 15.8. The van der Waals surface area contributed by atoms with Gasteiger partial charge in [0.05, 0.1) is 0 Å². The summed E-state index contributed by atoms with van der Waals surface area (Å²) in [4.78, 5) is 27.7. The number of piperidine rings is 1. The Bertz CT molecular complexity index is 1180. The van der Waals surface area contributed by atoms with Crippen molar-refractivity contribution in [2.75, 3.05) is 18.0 Å². The van der Waals surface area contributed by atoms with Crippen molar-refractivity contribution in [1.82, 2.24) is 34.5 Å². The van der Waals surface area contributed by atoms with Gasteiger partial charge in [-0.15, -0.1) is 5.10 Å². The normalized spacial score (nSPS) is 15.1. The highest BCUT2D eigenvalue weighted by Gasteiger charge is 2.21. The number of pyridine rings is 1. The van der Waals surface area contributed by atoms with Crippen LogP contribution in [0.1, 0.15) is 12.8 Å². The van der Waals surface area contributed by atoms with Gasteiger partial charge in [-0.2, -0.15) is 5.10 Å². The van der Waals surface area contributed by atoms with E-state index < -0.39 is 0 Å². The van der Waals surface area contributed by atoms with Crippen LogP contribution in [0.2, 0.25) is 0 Å². The summed E-state index contributed by atoms with van der Waals surface area (Å²) < 4.78 is 3.22. The molecule has 29 heavy (non-hydrogen) atoms. The lowest BCUT2D eigenvalue weighted by molar-refractivity contribution is 0.333. The van der Waals surface area contributed by atoms with Crippen molar-refractivity contribution in [2.45, 2.75) is 19.4 Å². The van der Waals surface area contributed by atoms with E-state index >= 15 is 0 Å². The molecule has 4 aromatic heterocycles. The predicted octanol–water partition coefficient (Wildman–Crippen LogP) is 1.68. The molecule has 0 bridgehead atoms. The predicted molar refractivity (Wildman–Crippen MR) is 108 cm³/mol. The Morgan fingerprint density at radius 3 is 2.62 bits per heavy atom.